The second-order valence-electron chi connectivity index (χ2n) is 5.19. The lowest BCUT2D eigenvalue weighted by Gasteiger charge is -2.14. The molecule has 0 fully saturated rings. The van der Waals surface area contributed by atoms with Crippen molar-refractivity contribution >= 4 is 11.8 Å². The molecule has 0 spiro atoms. The summed E-state index contributed by atoms with van der Waals surface area (Å²) in [7, 11) is 0. The largest absolute Gasteiger partial charge is 0.354 e. The van der Waals surface area contributed by atoms with Gasteiger partial charge in [-0.2, -0.15) is 0 Å². The molecule has 20 heavy (non-hydrogen) atoms. The Labute approximate surface area is 118 Å². The SMILES string of the molecule is CCCc1nc(C(=O)NC(C)C(=O)NCC(C)C)n[nH]1. The number of nitrogens with one attached hydrogen (secondary N) is 3. The van der Waals surface area contributed by atoms with E-state index in [9.17, 15) is 9.59 Å². The molecule has 0 saturated heterocycles. The van der Waals surface area contributed by atoms with E-state index in [0.717, 1.165) is 12.8 Å². The normalized spacial score (nSPS) is 12.2. The molecule has 3 N–H and O–H groups in total. The third-order valence-corrected chi connectivity index (χ3v) is 2.65. The molecule has 1 heterocycles. The molecule has 1 aromatic heterocycles. The number of carbonyl (C=O) groups excluding carboxylic acids is 2. The number of carbonyl (C=O) groups is 2. The quantitative estimate of drug-likeness (QED) is 0.683. The molecular formula is C13H23N5O2. The standard InChI is InChI=1S/C13H23N5O2/c1-5-6-10-16-11(18-17-10)13(20)15-9(4)12(19)14-7-8(2)3/h8-9H,5-7H2,1-4H3,(H,14,19)(H,15,20)(H,16,17,18). The maximum Gasteiger partial charge on any atom is 0.291 e. The number of rotatable bonds is 7. The number of amides is 2. The third kappa shape index (κ3) is 4.99. The summed E-state index contributed by atoms with van der Waals surface area (Å²) in [4.78, 5) is 27.7. The number of nitrogens with zero attached hydrogens (tertiary/aromatic N) is 2. The molecule has 0 saturated carbocycles. The average molecular weight is 281 g/mol. The van der Waals surface area contributed by atoms with Gasteiger partial charge < -0.3 is 10.6 Å². The molecule has 0 aliphatic rings. The average Bonchev–Trinajstić information content (AvgIpc) is 2.84. The molecular weight excluding hydrogens is 258 g/mol. The van der Waals surface area contributed by atoms with Gasteiger partial charge in [0.1, 0.15) is 11.9 Å². The number of aryl methyl sites for hydroxylation is 1. The maximum absolute atomic E-state index is 11.9. The zero-order valence-electron chi connectivity index (χ0n) is 12.5. The molecule has 0 aliphatic heterocycles. The summed E-state index contributed by atoms with van der Waals surface area (Å²) in [6.45, 7) is 8.25. The van der Waals surface area contributed by atoms with Gasteiger partial charge in [-0.25, -0.2) is 4.98 Å². The van der Waals surface area contributed by atoms with Crippen LogP contribution in [-0.2, 0) is 11.2 Å². The van der Waals surface area contributed by atoms with Crippen LogP contribution in [0.25, 0.3) is 0 Å². The molecule has 7 heteroatoms. The number of hydrogen-bond donors (Lipinski definition) is 3. The molecule has 7 nitrogen and oxygen atoms in total. The lowest BCUT2D eigenvalue weighted by molar-refractivity contribution is -0.122. The van der Waals surface area contributed by atoms with Gasteiger partial charge in [-0.3, -0.25) is 14.7 Å². The van der Waals surface area contributed by atoms with Gasteiger partial charge >= 0.3 is 0 Å². The molecule has 0 aromatic carbocycles. The lowest BCUT2D eigenvalue weighted by Crippen LogP contribution is -2.45. The van der Waals surface area contributed by atoms with Gasteiger partial charge in [-0.05, 0) is 19.3 Å². The number of aromatic amines is 1. The van der Waals surface area contributed by atoms with Crippen molar-refractivity contribution < 1.29 is 9.59 Å². The van der Waals surface area contributed by atoms with Crippen molar-refractivity contribution in [2.45, 2.75) is 46.6 Å². The van der Waals surface area contributed by atoms with E-state index in [1.807, 2.05) is 20.8 Å². The van der Waals surface area contributed by atoms with Gasteiger partial charge in [-0.1, -0.05) is 20.8 Å². The van der Waals surface area contributed by atoms with Gasteiger partial charge in [0.15, 0.2) is 0 Å². The summed E-state index contributed by atoms with van der Waals surface area (Å²) < 4.78 is 0. The predicted molar refractivity (Wildman–Crippen MR) is 75.2 cm³/mol. The zero-order valence-corrected chi connectivity index (χ0v) is 12.5. The summed E-state index contributed by atoms with van der Waals surface area (Å²) in [5, 5.41) is 11.9. The summed E-state index contributed by atoms with van der Waals surface area (Å²) in [5.41, 5.74) is 0. The zero-order chi connectivity index (χ0) is 15.1. The molecule has 112 valence electrons. The minimum Gasteiger partial charge on any atom is -0.354 e. The molecule has 1 rings (SSSR count). The first kappa shape index (κ1) is 16.1. The highest BCUT2D eigenvalue weighted by molar-refractivity contribution is 5.94. The topological polar surface area (TPSA) is 99.8 Å². The molecule has 1 unspecified atom stereocenters. The molecule has 1 aromatic rings. The van der Waals surface area contributed by atoms with E-state index in [4.69, 9.17) is 0 Å². The second kappa shape index (κ2) is 7.62. The van der Waals surface area contributed by atoms with E-state index in [-0.39, 0.29) is 11.7 Å². The van der Waals surface area contributed by atoms with Crippen LogP contribution in [0.2, 0.25) is 0 Å². The monoisotopic (exact) mass is 281 g/mol. The van der Waals surface area contributed by atoms with Crippen LogP contribution in [0.1, 0.15) is 50.6 Å². The van der Waals surface area contributed by atoms with Gasteiger partial charge in [0.05, 0.1) is 0 Å². The van der Waals surface area contributed by atoms with Crippen LogP contribution >= 0.6 is 0 Å². The Morgan fingerprint density at radius 2 is 2.00 bits per heavy atom. The highest BCUT2D eigenvalue weighted by atomic mass is 16.2. The first-order valence-electron chi connectivity index (χ1n) is 6.93. The minimum atomic E-state index is -0.616. The van der Waals surface area contributed by atoms with E-state index >= 15 is 0 Å². The summed E-state index contributed by atoms with van der Waals surface area (Å²) in [5.74, 6) is 0.449. The van der Waals surface area contributed by atoms with E-state index in [2.05, 4.69) is 25.8 Å². The fourth-order valence-electron chi connectivity index (χ4n) is 1.53. The molecule has 0 aliphatic carbocycles. The molecule has 0 bridgehead atoms. The number of H-pyrrole nitrogens is 1. The van der Waals surface area contributed by atoms with Gasteiger partial charge in [0, 0.05) is 13.0 Å². The van der Waals surface area contributed by atoms with Gasteiger partial charge in [0.2, 0.25) is 11.7 Å². The Bertz CT molecular complexity index is 455. The Hall–Kier alpha value is -1.92. The van der Waals surface area contributed by atoms with E-state index in [0.29, 0.717) is 18.3 Å². The lowest BCUT2D eigenvalue weighted by atomic mass is 10.2. The maximum atomic E-state index is 11.9. The molecule has 0 radical (unpaired) electrons. The molecule has 1 atom stereocenters. The van der Waals surface area contributed by atoms with Crippen LogP contribution in [0.3, 0.4) is 0 Å². The first-order chi connectivity index (χ1) is 9.43. The van der Waals surface area contributed by atoms with Crippen molar-refractivity contribution in [3.63, 3.8) is 0 Å². The van der Waals surface area contributed by atoms with Crippen LogP contribution in [-0.4, -0.2) is 39.6 Å². The van der Waals surface area contributed by atoms with Crippen molar-refractivity contribution in [3.8, 4) is 0 Å². The van der Waals surface area contributed by atoms with Crippen LogP contribution < -0.4 is 10.6 Å². The van der Waals surface area contributed by atoms with E-state index in [1.54, 1.807) is 6.92 Å². The van der Waals surface area contributed by atoms with Crippen LogP contribution in [0.5, 0.6) is 0 Å². The summed E-state index contributed by atoms with van der Waals surface area (Å²) in [6, 6.07) is -0.616. The van der Waals surface area contributed by atoms with Crippen LogP contribution in [0, 0.1) is 5.92 Å². The smallest absolute Gasteiger partial charge is 0.291 e. The Balaban J connectivity index is 2.49. The fraction of sp³-hybridized carbons (Fsp3) is 0.692. The number of aromatic nitrogens is 3. The van der Waals surface area contributed by atoms with Crippen molar-refractivity contribution in [1.82, 2.24) is 25.8 Å². The van der Waals surface area contributed by atoms with Crippen molar-refractivity contribution in [2.24, 2.45) is 5.92 Å². The first-order valence-corrected chi connectivity index (χ1v) is 6.93. The summed E-state index contributed by atoms with van der Waals surface area (Å²) >= 11 is 0. The van der Waals surface area contributed by atoms with Crippen molar-refractivity contribution in [1.29, 1.82) is 0 Å². The molecule has 2 amide bonds. The predicted octanol–water partition coefficient (Wildman–Crippen LogP) is 0.648. The van der Waals surface area contributed by atoms with Crippen LogP contribution in [0.4, 0.5) is 0 Å². The Morgan fingerprint density at radius 1 is 1.30 bits per heavy atom. The van der Waals surface area contributed by atoms with Crippen molar-refractivity contribution in [3.05, 3.63) is 11.6 Å². The van der Waals surface area contributed by atoms with E-state index < -0.39 is 11.9 Å². The Morgan fingerprint density at radius 3 is 2.60 bits per heavy atom. The Kier molecular flexibility index (Phi) is 6.14. The fourth-order valence-corrected chi connectivity index (χ4v) is 1.53. The highest BCUT2D eigenvalue weighted by Crippen LogP contribution is 1.97. The van der Waals surface area contributed by atoms with Gasteiger partial charge in [-0.15, -0.1) is 5.10 Å². The minimum absolute atomic E-state index is 0.0666. The van der Waals surface area contributed by atoms with Crippen molar-refractivity contribution in [2.75, 3.05) is 6.54 Å². The third-order valence-electron chi connectivity index (χ3n) is 2.65. The second-order valence-corrected chi connectivity index (χ2v) is 5.19. The van der Waals surface area contributed by atoms with Crippen LogP contribution in [0.15, 0.2) is 0 Å². The van der Waals surface area contributed by atoms with Gasteiger partial charge in [0.25, 0.3) is 5.91 Å². The highest BCUT2D eigenvalue weighted by Gasteiger charge is 2.19. The summed E-state index contributed by atoms with van der Waals surface area (Å²) in [6.07, 6.45) is 1.66. The van der Waals surface area contributed by atoms with E-state index in [1.165, 1.54) is 0 Å². The number of hydrogen-bond acceptors (Lipinski definition) is 4.